The Bertz CT molecular complexity index is 371. The van der Waals surface area contributed by atoms with Gasteiger partial charge >= 0.3 is 0 Å². The third-order valence-electron chi connectivity index (χ3n) is 1.43. The predicted octanol–water partition coefficient (Wildman–Crippen LogP) is 2.89. The molecule has 3 nitrogen and oxygen atoms in total. The molecule has 0 heterocycles. The lowest BCUT2D eigenvalue weighted by molar-refractivity contribution is 0.0536. The lowest BCUT2D eigenvalue weighted by atomic mass is 10.2. The molecule has 14 heavy (non-hydrogen) atoms. The zero-order chi connectivity index (χ0) is 10.7. The van der Waals surface area contributed by atoms with E-state index in [4.69, 9.17) is 23.2 Å². The molecular formula is C8H6Cl2INO2. The molecule has 1 N–H and O–H groups in total. The van der Waals surface area contributed by atoms with Crippen LogP contribution >= 0.6 is 45.8 Å². The van der Waals surface area contributed by atoms with Gasteiger partial charge in [0.15, 0.2) is 0 Å². The van der Waals surface area contributed by atoms with Crippen molar-refractivity contribution in [3.63, 3.8) is 0 Å². The van der Waals surface area contributed by atoms with Crippen LogP contribution in [0.3, 0.4) is 0 Å². The van der Waals surface area contributed by atoms with Crippen molar-refractivity contribution >= 4 is 51.7 Å². The van der Waals surface area contributed by atoms with Crippen LogP contribution < -0.4 is 5.48 Å². The normalized spacial score (nSPS) is 10.0. The summed E-state index contributed by atoms with van der Waals surface area (Å²) in [5.41, 5.74) is 2.59. The second-order valence-electron chi connectivity index (χ2n) is 2.38. The lowest BCUT2D eigenvalue weighted by Crippen LogP contribution is -2.22. The summed E-state index contributed by atoms with van der Waals surface area (Å²) in [5.74, 6) is -0.374. The summed E-state index contributed by atoms with van der Waals surface area (Å²) in [7, 11) is 1.36. The molecule has 1 amide bonds. The van der Waals surface area contributed by atoms with Crippen LogP contribution in [0.5, 0.6) is 0 Å². The number of benzene rings is 1. The van der Waals surface area contributed by atoms with Gasteiger partial charge in [-0.05, 0) is 34.7 Å². The number of nitrogens with one attached hydrogen (secondary N) is 1. The Hall–Kier alpha value is -0.0400. The van der Waals surface area contributed by atoms with Gasteiger partial charge in [-0.1, -0.05) is 23.2 Å². The van der Waals surface area contributed by atoms with Crippen molar-refractivity contribution < 1.29 is 9.63 Å². The number of rotatable bonds is 2. The molecule has 0 aliphatic carbocycles. The van der Waals surface area contributed by atoms with Crippen molar-refractivity contribution in [2.75, 3.05) is 7.11 Å². The van der Waals surface area contributed by atoms with Crippen LogP contribution in [-0.2, 0) is 4.84 Å². The van der Waals surface area contributed by atoms with E-state index in [0.29, 0.717) is 19.2 Å². The molecule has 76 valence electrons. The summed E-state index contributed by atoms with van der Waals surface area (Å²) in [4.78, 5) is 15.9. The van der Waals surface area contributed by atoms with Crippen molar-refractivity contribution in [3.8, 4) is 0 Å². The number of amides is 1. The van der Waals surface area contributed by atoms with Crippen LogP contribution in [0.4, 0.5) is 0 Å². The summed E-state index contributed by atoms with van der Waals surface area (Å²) in [6.45, 7) is 0. The minimum atomic E-state index is -0.374. The van der Waals surface area contributed by atoms with E-state index in [1.165, 1.54) is 13.2 Å². The number of hydroxylamine groups is 1. The highest BCUT2D eigenvalue weighted by molar-refractivity contribution is 14.1. The van der Waals surface area contributed by atoms with Gasteiger partial charge in [0, 0.05) is 8.59 Å². The van der Waals surface area contributed by atoms with E-state index < -0.39 is 0 Å². The van der Waals surface area contributed by atoms with Crippen LogP contribution in [0.25, 0.3) is 0 Å². The maximum absolute atomic E-state index is 11.4. The van der Waals surface area contributed by atoms with Crippen molar-refractivity contribution in [2.45, 2.75) is 0 Å². The molecule has 0 atom stereocenters. The lowest BCUT2D eigenvalue weighted by Gasteiger charge is -2.06. The van der Waals surface area contributed by atoms with E-state index in [1.807, 2.05) is 22.6 Å². The minimum Gasteiger partial charge on any atom is -0.277 e. The topological polar surface area (TPSA) is 38.3 Å². The maximum atomic E-state index is 11.4. The van der Waals surface area contributed by atoms with Crippen LogP contribution in [0, 0.1) is 3.57 Å². The molecule has 1 aromatic carbocycles. The molecule has 0 aromatic heterocycles. The molecule has 0 saturated carbocycles. The standard InChI is InChI=1S/C8H6Cl2INO2/c1-14-12-8(13)5-2-4(9)3-6(10)7(5)11/h2-3H,1H3,(H,12,13). The largest absolute Gasteiger partial charge is 0.277 e. The van der Waals surface area contributed by atoms with E-state index >= 15 is 0 Å². The zero-order valence-electron chi connectivity index (χ0n) is 7.11. The van der Waals surface area contributed by atoms with E-state index in [1.54, 1.807) is 6.07 Å². The number of hydrogen-bond donors (Lipinski definition) is 1. The number of carbonyl (C=O) groups excluding carboxylic acids is 1. The van der Waals surface area contributed by atoms with Crippen molar-refractivity contribution in [3.05, 3.63) is 31.3 Å². The molecule has 0 unspecified atom stereocenters. The van der Waals surface area contributed by atoms with E-state index in [-0.39, 0.29) is 5.91 Å². The maximum Gasteiger partial charge on any atom is 0.276 e. The van der Waals surface area contributed by atoms with Crippen LogP contribution in [-0.4, -0.2) is 13.0 Å². The molecule has 0 aliphatic heterocycles. The van der Waals surface area contributed by atoms with E-state index in [9.17, 15) is 4.79 Å². The van der Waals surface area contributed by atoms with Crippen LogP contribution in [0.1, 0.15) is 10.4 Å². The molecule has 1 rings (SSSR count). The monoisotopic (exact) mass is 345 g/mol. The van der Waals surface area contributed by atoms with Crippen molar-refractivity contribution in [1.82, 2.24) is 5.48 Å². The molecule has 6 heteroatoms. The summed E-state index contributed by atoms with van der Waals surface area (Å²) in [5, 5.41) is 0.857. The Labute approximate surface area is 105 Å². The van der Waals surface area contributed by atoms with Crippen LogP contribution in [0.2, 0.25) is 10.0 Å². The third kappa shape index (κ3) is 2.73. The molecule has 0 radical (unpaired) electrons. The first kappa shape index (κ1) is 12.0. The number of carbonyl (C=O) groups is 1. The number of hydrogen-bond acceptors (Lipinski definition) is 2. The fourth-order valence-corrected chi connectivity index (χ4v) is 1.92. The van der Waals surface area contributed by atoms with Gasteiger partial charge in [0.1, 0.15) is 0 Å². The Kier molecular flexibility index (Phi) is 4.43. The highest BCUT2D eigenvalue weighted by Gasteiger charge is 2.13. The Morgan fingerprint density at radius 3 is 2.71 bits per heavy atom. The average Bonchev–Trinajstić information content (AvgIpc) is 2.11. The Balaban J connectivity index is 3.13. The summed E-state index contributed by atoms with van der Waals surface area (Å²) < 4.78 is 0.642. The molecular weight excluding hydrogens is 340 g/mol. The van der Waals surface area contributed by atoms with Gasteiger partial charge in [0.05, 0.1) is 17.7 Å². The second kappa shape index (κ2) is 5.16. The van der Waals surface area contributed by atoms with Gasteiger partial charge in [-0.2, -0.15) is 0 Å². The Morgan fingerprint density at radius 1 is 1.50 bits per heavy atom. The molecule has 1 aromatic rings. The summed E-state index contributed by atoms with van der Waals surface area (Å²) in [6.07, 6.45) is 0. The van der Waals surface area contributed by atoms with Gasteiger partial charge in [-0.15, -0.1) is 0 Å². The fourth-order valence-electron chi connectivity index (χ4n) is 0.869. The van der Waals surface area contributed by atoms with Crippen molar-refractivity contribution in [2.24, 2.45) is 0 Å². The molecule has 0 bridgehead atoms. The number of halogens is 3. The van der Waals surface area contributed by atoms with E-state index in [0.717, 1.165) is 0 Å². The summed E-state index contributed by atoms with van der Waals surface area (Å²) in [6, 6.07) is 3.11. The molecule has 0 spiro atoms. The first-order valence-electron chi connectivity index (χ1n) is 3.54. The fraction of sp³-hybridized carbons (Fsp3) is 0.125. The average molecular weight is 346 g/mol. The summed E-state index contributed by atoms with van der Waals surface area (Å²) >= 11 is 13.6. The minimum absolute atomic E-state index is 0.374. The van der Waals surface area contributed by atoms with Crippen molar-refractivity contribution in [1.29, 1.82) is 0 Å². The van der Waals surface area contributed by atoms with Crippen LogP contribution in [0.15, 0.2) is 12.1 Å². The van der Waals surface area contributed by atoms with Gasteiger partial charge in [-0.3, -0.25) is 9.63 Å². The molecule has 0 fully saturated rings. The van der Waals surface area contributed by atoms with E-state index in [2.05, 4.69) is 10.3 Å². The van der Waals surface area contributed by atoms with Gasteiger partial charge in [0.2, 0.25) is 0 Å². The third-order valence-corrected chi connectivity index (χ3v) is 3.43. The highest BCUT2D eigenvalue weighted by Crippen LogP contribution is 2.26. The van der Waals surface area contributed by atoms with Gasteiger partial charge in [-0.25, -0.2) is 5.48 Å². The first-order chi connectivity index (χ1) is 6.56. The highest BCUT2D eigenvalue weighted by atomic mass is 127. The second-order valence-corrected chi connectivity index (χ2v) is 4.31. The predicted molar refractivity (Wildman–Crippen MR) is 63.7 cm³/mol. The first-order valence-corrected chi connectivity index (χ1v) is 5.37. The van der Waals surface area contributed by atoms with Gasteiger partial charge < -0.3 is 0 Å². The molecule has 0 saturated heterocycles. The quantitative estimate of drug-likeness (QED) is 0.508. The van der Waals surface area contributed by atoms with Gasteiger partial charge in [0.25, 0.3) is 5.91 Å². The SMILES string of the molecule is CONC(=O)c1cc(Cl)cc(Cl)c1I. The molecule has 0 aliphatic rings. The smallest absolute Gasteiger partial charge is 0.276 e. The Morgan fingerprint density at radius 2 is 2.14 bits per heavy atom. The zero-order valence-corrected chi connectivity index (χ0v) is 10.8.